The molecule has 1 aromatic heterocycles. The van der Waals surface area contributed by atoms with Crippen LogP contribution in [0.3, 0.4) is 0 Å². The van der Waals surface area contributed by atoms with Crippen LogP contribution >= 0.6 is 0 Å². The summed E-state index contributed by atoms with van der Waals surface area (Å²) in [5, 5.41) is 3.77. The number of sulfonamides is 1. The van der Waals surface area contributed by atoms with E-state index < -0.39 is 22.0 Å². The number of methoxy groups -OCH3 is 1. The lowest BCUT2D eigenvalue weighted by atomic mass is 10.1. The smallest absolute Gasteiger partial charge is 0.323 e. The van der Waals surface area contributed by atoms with Crippen LogP contribution in [0, 0.1) is 5.92 Å². The Balaban J connectivity index is 3.02. The molecule has 1 aromatic rings. The van der Waals surface area contributed by atoms with E-state index in [1.807, 2.05) is 13.8 Å². The van der Waals surface area contributed by atoms with Crippen LogP contribution in [-0.2, 0) is 26.6 Å². The summed E-state index contributed by atoms with van der Waals surface area (Å²) in [4.78, 5) is 11.5. The van der Waals surface area contributed by atoms with Gasteiger partial charge in [0.05, 0.1) is 7.11 Å². The largest absolute Gasteiger partial charge is 0.468 e. The van der Waals surface area contributed by atoms with Gasteiger partial charge in [-0.25, -0.2) is 8.42 Å². The molecule has 1 rings (SSSR count). The number of rotatable bonds is 6. The first kappa shape index (κ1) is 16.4. The van der Waals surface area contributed by atoms with Gasteiger partial charge in [-0.2, -0.15) is 9.82 Å². The predicted octanol–water partition coefficient (Wildman–Crippen LogP) is -0.132. The van der Waals surface area contributed by atoms with Crippen LogP contribution in [0.2, 0.25) is 0 Å². The molecule has 0 fully saturated rings. The van der Waals surface area contributed by atoms with Gasteiger partial charge in [0.1, 0.15) is 10.9 Å². The number of hydrogen-bond donors (Lipinski definition) is 2. The summed E-state index contributed by atoms with van der Waals surface area (Å²) in [6, 6.07) is -0.954. The molecule has 9 heteroatoms. The third-order valence-corrected chi connectivity index (χ3v) is 4.09. The van der Waals surface area contributed by atoms with Crippen molar-refractivity contribution in [1.29, 1.82) is 0 Å². The Kier molecular flexibility index (Phi) is 5.12. The number of carbonyl (C=O) groups is 1. The van der Waals surface area contributed by atoms with Gasteiger partial charge in [-0.05, 0) is 12.3 Å². The van der Waals surface area contributed by atoms with Crippen molar-refractivity contribution in [3.63, 3.8) is 0 Å². The average Bonchev–Trinajstić information content (AvgIpc) is 2.66. The number of carbonyl (C=O) groups excluding carboxylic acids is 1. The van der Waals surface area contributed by atoms with Crippen LogP contribution in [0.5, 0.6) is 0 Å². The first-order valence-corrected chi connectivity index (χ1v) is 7.55. The molecular formula is C11H20N4O4S. The third-order valence-electron chi connectivity index (χ3n) is 2.60. The summed E-state index contributed by atoms with van der Waals surface area (Å²) >= 11 is 0. The van der Waals surface area contributed by atoms with E-state index in [0.29, 0.717) is 6.42 Å². The second-order valence-electron chi connectivity index (χ2n) is 4.88. The summed E-state index contributed by atoms with van der Waals surface area (Å²) in [7, 11) is -1.16. The molecule has 0 aliphatic rings. The van der Waals surface area contributed by atoms with E-state index in [0.717, 1.165) is 0 Å². The van der Waals surface area contributed by atoms with Gasteiger partial charge in [-0.15, -0.1) is 0 Å². The highest BCUT2D eigenvalue weighted by Crippen LogP contribution is 2.17. The Labute approximate surface area is 118 Å². The molecule has 3 N–H and O–H groups in total. The van der Waals surface area contributed by atoms with E-state index in [-0.39, 0.29) is 16.6 Å². The van der Waals surface area contributed by atoms with E-state index in [9.17, 15) is 13.2 Å². The lowest BCUT2D eigenvalue weighted by molar-refractivity contribution is -0.143. The number of anilines is 1. The highest BCUT2D eigenvalue weighted by Gasteiger charge is 2.29. The first-order chi connectivity index (χ1) is 9.17. The zero-order valence-electron chi connectivity index (χ0n) is 12.0. The lowest BCUT2D eigenvalue weighted by Crippen LogP contribution is -2.42. The number of ether oxygens (including phenoxy) is 1. The standard InChI is InChI=1S/C11H20N4O4S/c1-7(2)5-8(11(16)19-4)14-20(17,18)9-6-15(3)13-10(9)12/h6-8,14H,5H2,1-4H3,(H2,12,13). The molecule has 1 atom stereocenters. The average molecular weight is 304 g/mol. The van der Waals surface area contributed by atoms with E-state index in [2.05, 4.69) is 14.6 Å². The second kappa shape index (κ2) is 6.23. The second-order valence-corrected chi connectivity index (χ2v) is 6.56. The molecule has 0 aliphatic carbocycles. The van der Waals surface area contributed by atoms with E-state index >= 15 is 0 Å². The van der Waals surface area contributed by atoms with Gasteiger partial charge in [-0.1, -0.05) is 13.8 Å². The normalized spacial score (nSPS) is 13.4. The zero-order valence-corrected chi connectivity index (χ0v) is 12.8. The van der Waals surface area contributed by atoms with E-state index in [1.165, 1.54) is 18.0 Å². The van der Waals surface area contributed by atoms with Crippen molar-refractivity contribution in [2.24, 2.45) is 13.0 Å². The van der Waals surface area contributed by atoms with Gasteiger partial charge >= 0.3 is 5.97 Å². The summed E-state index contributed by atoms with van der Waals surface area (Å²) in [5.41, 5.74) is 5.55. The Morgan fingerprint density at radius 1 is 1.55 bits per heavy atom. The van der Waals surface area contributed by atoms with Crippen LogP contribution in [0.25, 0.3) is 0 Å². The van der Waals surface area contributed by atoms with Crippen LogP contribution in [0.1, 0.15) is 20.3 Å². The number of nitrogens with zero attached hydrogens (tertiary/aromatic N) is 2. The van der Waals surface area contributed by atoms with Crippen LogP contribution in [0.15, 0.2) is 11.1 Å². The fraction of sp³-hybridized carbons (Fsp3) is 0.636. The number of hydrogen-bond acceptors (Lipinski definition) is 6. The SMILES string of the molecule is COC(=O)C(CC(C)C)NS(=O)(=O)c1cn(C)nc1N. The summed E-state index contributed by atoms with van der Waals surface area (Å²) in [6.45, 7) is 3.76. The molecular weight excluding hydrogens is 284 g/mol. The number of nitrogens with one attached hydrogen (secondary N) is 1. The van der Waals surface area contributed by atoms with Crippen LogP contribution in [0.4, 0.5) is 5.82 Å². The molecule has 114 valence electrons. The quantitative estimate of drug-likeness (QED) is 0.707. The Morgan fingerprint density at radius 2 is 2.15 bits per heavy atom. The number of esters is 1. The Hall–Kier alpha value is -1.61. The number of nitrogens with two attached hydrogens (primary N) is 1. The maximum atomic E-state index is 12.2. The molecule has 0 saturated carbocycles. The van der Waals surface area contributed by atoms with Gasteiger partial charge in [-0.3, -0.25) is 9.48 Å². The number of aryl methyl sites for hydroxylation is 1. The molecule has 0 bridgehead atoms. The molecule has 0 saturated heterocycles. The summed E-state index contributed by atoms with van der Waals surface area (Å²) < 4.78 is 32.7. The Bertz CT molecular complexity index is 579. The fourth-order valence-corrected chi connectivity index (χ4v) is 3.05. The van der Waals surface area contributed by atoms with Crippen molar-refractivity contribution in [2.75, 3.05) is 12.8 Å². The molecule has 0 radical (unpaired) electrons. The minimum Gasteiger partial charge on any atom is -0.468 e. The summed E-state index contributed by atoms with van der Waals surface area (Å²) in [5.74, 6) is -0.633. The van der Waals surface area contributed by atoms with Crippen molar-refractivity contribution in [3.8, 4) is 0 Å². The first-order valence-electron chi connectivity index (χ1n) is 6.06. The fourth-order valence-electron chi connectivity index (χ4n) is 1.75. The maximum Gasteiger partial charge on any atom is 0.323 e. The van der Waals surface area contributed by atoms with Crippen molar-refractivity contribution in [2.45, 2.75) is 31.2 Å². The van der Waals surface area contributed by atoms with Gasteiger partial charge in [0.25, 0.3) is 0 Å². The lowest BCUT2D eigenvalue weighted by Gasteiger charge is -2.17. The minimum atomic E-state index is -3.93. The van der Waals surface area contributed by atoms with Gasteiger partial charge in [0.2, 0.25) is 10.0 Å². The van der Waals surface area contributed by atoms with E-state index in [1.54, 1.807) is 7.05 Å². The van der Waals surface area contributed by atoms with Crippen molar-refractivity contribution in [1.82, 2.24) is 14.5 Å². The summed E-state index contributed by atoms with van der Waals surface area (Å²) in [6.07, 6.45) is 1.60. The minimum absolute atomic E-state index is 0.117. The predicted molar refractivity (Wildman–Crippen MR) is 73.2 cm³/mol. The molecule has 20 heavy (non-hydrogen) atoms. The van der Waals surface area contributed by atoms with Crippen molar-refractivity contribution in [3.05, 3.63) is 6.20 Å². The monoisotopic (exact) mass is 304 g/mol. The van der Waals surface area contributed by atoms with Crippen LogP contribution < -0.4 is 10.5 Å². The molecule has 0 aliphatic heterocycles. The third kappa shape index (κ3) is 3.94. The molecule has 0 spiro atoms. The number of aromatic nitrogens is 2. The number of nitrogen functional groups attached to an aromatic ring is 1. The maximum absolute atomic E-state index is 12.2. The molecule has 0 aromatic carbocycles. The topological polar surface area (TPSA) is 116 Å². The highest BCUT2D eigenvalue weighted by atomic mass is 32.2. The van der Waals surface area contributed by atoms with Gasteiger partial charge in [0, 0.05) is 13.2 Å². The van der Waals surface area contributed by atoms with Gasteiger partial charge in [0.15, 0.2) is 5.82 Å². The molecule has 8 nitrogen and oxygen atoms in total. The molecule has 0 amide bonds. The van der Waals surface area contributed by atoms with E-state index in [4.69, 9.17) is 5.73 Å². The van der Waals surface area contributed by atoms with Gasteiger partial charge < -0.3 is 10.5 Å². The van der Waals surface area contributed by atoms with Crippen LogP contribution in [-0.4, -0.2) is 37.3 Å². The van der Waals surface area contributed by atoms with Crippen molar-refractivity contribution < 1.29 is 17.9 Å². The molecule has 1 heterocycles. The zero-order chi connectivity index (χ0) is 15.5. The van der Waals surface area contributed by atoms with Crippen molar-refractivity contribution >= 4 is 21.8 Å². The molecule has 1 unspecified atom stereocenters. The Morgan fingerprint density at radius 3 is 2.55 bits per heavy atom. The highest BCUT2D eigenvalue weighted by molar-refractivity contribution is 7.89.